The van der Waals surface area contributed by atoms with Crippen LogP contribution in [0.1, 0.15) is 43.2 Å². The molecule has 1 heterocycles. The second kappa shape index (κ2) is 3.63. The zero-order chi connectivity index (χ0) is 12.0. The molecule has 88 valence electrons. The van der Waals surface area contributed by atoms with Crippen molar-refractivity contribution in [1.82, 2.24) is 4.57 Å². The monoisotopic (exact) mass is 229 g/mol. The highest BCUT2D eigenvalue weighted by atomic mass is 16.1. The zero-order valence-corrected chi connectivity index (χ0v) is 9.60. The Labute approximate surface area is 99.7 Å². The lowest BCUT2D eigenvalue weighted by Crippen LogP contribution is -2.34. The van der Waals surface area contributed by atoms with E-state index in [1.807, 2.05) is 12.3 Å². The molecule has 0 aliphatic heterocycles. The van der Waals surface area contributed by atoms with Crippen LogP contribution in [0, 0.1) is 17.2 Å². The minimum Gasteiger partial charge on any atom is -0.394 e. The number of aromatic nitrogens is 1. The molecule has 4 heteroatoms. The van der Waals surface area contributed by atoms with Gasteiger partial charge < -0.3 is 10.3 Å². The van der Waals surface area contributed by atoms with Gasteiger partial charge in [0.05, 0.1) is 17.7 Å². The maximum Gasteiger partial charge on any atom is 0.273 e. The van der Waals surface area contributed by atoms with Crippen LogP contribution in [0.4, 0.5) is 5.69 Å². The van der Waals surface area contributed by atoms with E-state index < -0.39 is 0 Å². The predicted octanol–water partition coefficient (Wildman–Crippen LogP) is 1.78. The van der Waals surface area contributed by atoms with Crippen molar-refractivity contribution < 1.29 is 0 Å². The second-order valence-corrected chi connectivity index (χ2v) is 5.17. The first-order valence-corrected chi connectivity index (χ1v) is 6.10. The fourth-order valence-corrected chi connectivity index (χ4v) is 2.48. The van der Waals surface area contributed by atoms with Crippen molar-refractivity contribution in [2.24, 2.45) is 5.92 Å². The molecule has 0 aromatic carbocycles. The van der Waals surface area contributed by atoms with Crippen LogP contribution in [0.3, 0.4) is 0 Å². The van der Waals surface area contributed by atoms with E-state index in [0.29, 0.717) is 11.6 Å². The van der Waals surface area contributed by atoms with Gasteiger partial charge in [0.1, 0.15) is 0 Å². The van der Waals surface area contributed by atoms with E-state index in [1.165, 1.54) is 18.4 Å². The van der Waals surface area contributed by atoms with E-state index in [9.17, 15) is 4.79 Å². The molecule has 2 saturated carbocycles. The number of pyridine rings is 1. The van der Waals surface area contributed by atoms with Crippen LogP contribution in [0.2, 0.25) is 0 Å². The third-order valence-electron chi connectivity index (χ3n) is 3.83. The van der Waals surface area contributed by atoms with Gasteiger partial charge in [-0.3, -0.25) is 4.79 Å². The molecule has 2 aliphatic rings. The molecule has 0 saturated heterocycles. The van der Waals surface area contributed by atoms with Crippen molar-refractivity contribution in [2.45, 2.75) is 37.6 Å². The number of anilines is 1. The second-order valence-electron chi connectivity index (χ2n) is 5.17. The number of nitrogens with zero attached hydrogens (tertiary/aromatic N) is 2. The highest BCUT2D eigenvalue weighted by Crippen LogP contribution is 2.42. The summed E-state index contributed by atoms with van der Waals surface area (Å²) in [6, 6.07) is 4.23. The number of nitrogens with two attached hydrogens (primary N) is 1. The van der Waals surface area contributed by atoms with Gasteiger partial charge in [0, 0.05) is 12.2 Å². The lowest BCUT2D eigenvalue weighted by atomic mass is 9.81. The largest absolute Gasteiger partial charge is 0.394 e. The average molecular weight is 229 g/mol. The van der Waals surface area contributed by atoms with Crippen LogP contribution in [-0.2, 0) is 0 Å². The SMILES string of the molecule is N#CC1CC(n2cc(C3CC3)cc(N)c2=O)C1. The molecular formula is C13H15N3O. The zero-order valence-electron chi connectivity index (χ0n) is 9.60. The predicted molar refractivity (Wildman–Crippen MR) is 64.5 cm³/mol. The Morgan fingerprint density at radius 2 is 2.12 bits per heavy atom. The fourth-order valence-electron chi connectivity index (χ4n) is 2.48. The standard InChI is InChI=1S/C13H15N3O/c14-6-8-3-11(4-8)16-7-10(9-1-2-9)5-12(15)13(16)17/h5,7-9,11H,1-4,15H2. The van der Waals surface area contributed by atoms with Crippen molar-refractivity contribution in [3.8, 4) is 6.07 Å². The van der Waals surface area contributed by atoms with Gasteiger partial charge in [-0.05, 0) is 43.2 Å². The topological polar surface area (TPSA) is 71.8 Å². The molecule has 17 heavy (non-hydrogen) atoms. The van der Waals surface area contributed by atoms with Gasteiger partial charge in [-0.2, -0.15) is 5.26 Å². The van der Waals surface area contributed by atoms with Gasteiger partial charge in [-0.15, -0.1) is 0 Å². The summed E-state index contributed by atoms with van der Waals surface area (Å²) in [5, 5.41) is 8.77. The fraction of sp³-hybridized carbons (Fsp3) is 0.538. The minimum atomic E-state index is -0.101. The maximum absolute atomic E-state index is 11.9. The molecule has 0 atom stereocenters. The number of rotatable bonds is 2. The van der Waals surface area contributed by atoms with E-state index >= 15 is 0 Å². The number of nitrogen functional groups attached to an aromatic ring is 1. The van der Waals surface area contributed by atoms with E-state index in [1.54, 1.807) is 4.57 Å². The Morgan fingerprint density at radius 1 is 1.41 bits per heavy atom. The lowest BCUT2D eigenvalue weighted by Gasteiger charge is -2.32. The summed E-state index contributed by atoms with van der Waals surface area (Å²) in [7, 11) is 0. The first kappa shape index (κ1) is 10.4. The van der Waals surface area contributed by atoms with Gasteiger partial charge in [-0.1, -0.05) is 0 Å². The van der Waals surface area contributed by atoms with Crippen molar-refractivity contribution >= 4 is 5.69 Å². The molecule has 2 aliphatic carbocycles. The Balaban J connectivity index is 1.93. The van der Waals surface area contributed by atoms with Crippen LogP contribution >= 0.6 is 0 Å². The first-order chi connectivity index (χ1) is 8.19. The van der Waals surface area contributed by atoms with Gasteiger partial charge in [0.2, 0.25) is 0 Å². The van der Waals surface area contributed by atoms with Gasteiger partial charge >= 0.3 is 0 Å². The molecule has 0 spiro atoms. The van der Waals surface area contributed by atoms with E-state index in [4.69, 9.17) is 11.0 Å². The van der Waals surface area contributed by atoms with Gasteiger partial charge in [0.25, 0.3) is 5.56 Å². The quantitative estimate of drug-likeness (QED) is 0.840. The molecular weight excluding hydrogens is 214 g/mol. The molecule has 1 aromatic heterocycles. The molecule has 3 rings (SSSR count). The third-order valence-corrected chi connectivity index (χ3v) is 3.83. The Morgan fingerprint density at radius 3 is 2.71 bits per heavy atom. The lowest BCUT2D eigenvalue weighted by molar-refractivity contribution is 0.243. The number of hydrogen-bond acceptors (Lipinski definition) is 3. The highest BCUT2D eigenvalue weighted by Gasteiger charge is 2.32. The third kappa shape index (κ3) is 1.72. The number of hydrogen-bond donors (Lipinski definition) is 1. The van der Waals surface area contributed by atoms with Gasteiger partial charge in [-0.25, -0.2) is 0 Å². The van der Waals surface area contributed by atoms with Crippen molar-refractivity contribution in [1.29, 1.82) is 5.26 Å². The molecule has 0 amide bonds. The molecule has 2 N–H and O–H groups in total. The molecule has 0 radical (unpaired) electrons. The summed E-state index contributed by atoms with van der Waals surface area (Å²) in [5.41, 5.74) is 7.20. The molecule has 1 aromatic rings. The Hall–Kier alpha value is -1.76. The van der Waals surface area contributed by atoms with Crippen molar-refractivity contribution in [3.05, 3.63) is 28.2 Å². The Kier molecular flexibility index (Phi) is 2.22. The van der Waals surface area contributed by atoms with E-state index in [0.717, 1.165) is 12.8 Å². The molecule has 0 unspecified atom stereocenters. The van der Waals surface area contributed by atoms with Crippen LogP contribution in [0.5, 0.6) is 0 Å². The van der Waals surface area contributed by atoms with Crippen molar-refractivity contribution in [3.63, 3.8) is 0 Å². The summed E-state index contributed by atoms with van der Waals surface area (Å²) in [6.07, 6.45) is 5.91. The highest BCUT2D eigenvalue weighted by molar-refractivity contribution is 5.40. The minimum absolute atomic E-state index is 0.101. The summed E-state index contributed by atoms with van der Waals surface area (Å²) >= 11 is 0. The maximum atomic E-state index is 11.9. The summed E-state index contributed by atoms with van der Waals surface area (Å²) in [5.74, 6) is 0.702. The summed E-state index contributed by atoms with van der Waals surface area (Å²) < 4.78 is 1.75. The Bertz CT molecular complexity index is 545. The van der Waals surface area contributed by atoms with Crippen LogP contribution in [0.15, 0.2) is 17.1 Å². The summed E-state index contributed by atoms with van der Waals surface area (Å²) in [6.45, 7) is 0. The molecule has 2 fully saturated rings. The van der Waals surface area contributed by atoms with Crippen LogP contribution in [-0.4, -0.2) is 4.57 Å². The summed E-state index contributed by atoms with van der Waals surface area (Å²) in [4.78, 5) is 11.9. The normalized spacial score (nSPS) is 27.2. The first-order valence-electron chi connectivity index (χ1n) is 6.10. The van der Waals surface area contributed by atoms with E-state index in [-0.39, 0.29) is 17.5 Å². The van der Waals surface area contributed by atoms with Crippen molar-refractivity contribution in [2.75, 3.05) is 5.73 Å². The average Bonchev–Trinajstić information content (AvgIpc) is 3.06. The molecule has 0 bridgehead atoms. The molecule has 4 nitrogen and oxygen atoms in total. The van der Waals surface area contributed by atoms with Crippen LogP contribution < -0.4 is 11.3 Å². The van der Waals surface area contributed by atoms with E-state index in [2.05, 4.69) is 6.07 Å². The van der Waals surface area contributed by atoms with Gasteiger partial charge in [0.15, 0.2) is 0 Å². The van der Waals surface area contributed by atoms with Crippen LogP contribution in [0.25, 0.3) is 0 Å². The smallest absolute Gasteiger partial charge is 0.273 e. The number of nitriles is 1.